The van der Waals surface area contributed by atoms with Crippen LogP contribution < -0.4 is 0 Å². The van der Waals surface area contributed by atoms with Gasteiger partial charge in [-0.3, -0.25) is 0 Å². The minimum atomic E-state index is -0.467. The molecule has 1 aromatic rings. The molecule has 1 fully saturated rings. The third-order valence-electron chi connectivity index (χ3n) is 4.18. The lowest BCUT2D eigenvalue weighted by molar-refractivity contribution is 0.00383. The number of aliphatic hydroxyl groups is 1. The summed E-state index contributed by atoms with van der Waals surface area (Å²) in [5.74, 6) is 0.0329. The molecule has 17 heavy (non-hydrogen) atoms. The van der Waals surface area contributed by atoms with Crippen molar-refractivity contribution in [3.05, 3.63) is 35.6 Å². The molecular formula is C15H21FO. The fraction of sp³-hybridized carbons (Fsp3) is 0.600. The third kappa shape index (κ3) is 2.68. The number of hydrogen-bond acceptors (Lipinski definition) is 1. The summed E-state index contributed by atoms with van der Waals surface area (Å²) in [5.41, 5.74) is 1.01. The molecule has 0 aliphatic heterocycles. The summed E-state index contributed by atoms with van der Waals surface area (Å²) in [4.78, 5) is 0. The van der Waals surface area contributed by atoms with Crippen LogP contribution in [0.3, 0.4) is 0 Å². The molecular weight excluding hydrogens is 215 g/mol. The molecule has 94 valence electrons. The molecule has 1 aliphatic rings. The van der Waals surface area contributed by atoms with Crippen molar-refractivity contribution in [2.24, 2.45) is 11.3 Å². The van der Waals surface area contributed by atoms with E-state index < -0.39 is 6.10 Å². The van der Waals surface area contributed by atoms with Crippen LogP contribution in [0.2, 0.25) is 0 Å². The van der Waals surface area contributed by atoms with Gasteiger partial charge in [0.2, 0.25) is 0 Å². The Morgan fingerprint density at radius 1 is 1.24 bits per heavy atom. The Labute approximate surface area is 103 Å². The van der Waals surface area contributed by atoms with E-state index in [1.54, 1.807) is 12.1 Å². The Bertz CT molecular complexity index is 369. The molecule has 0 amide bonds. The second-order valence-corrected chi connectivity index (χ2v) is 5.84. The van der Waals surface area contributed by atoms with Crippen molar-refractivity contribution in [2.75, 3.05) is 0 Å². The summed E-state index contributed by atoms with van der Waals surface area (Å²) in [6, 6.07) is 6.25. The highest BCUT2D eigenvalue weighted by atomic mass is 19.1. The largest absolute Gasteiger partial charge is 0.388 e. The maximum absolute atomic E-state index is 12.9. The molecule has 0 saturated heterocycles. The Balaban J connectivity index is 2.18. The van der Waals surface area contributed by atoms with Gasteiger partial charge in [0.05, 0.1) is 6.10 Å². The van der Waals surface area contributed by atoms with Crippen LogP contribution in [0.15, 0.2) is 24.3 Å². The standard InChI is InChI=1S/C15H21FO/c1-15(2)10-4-3-5-13(15)14(17)11-6-8-12(16)9-7-11/h6-9,13-14,17H,3-5,10H2,1-2H3. The van der Waals surface area contributed by atoms with Gasteiger partial charge in [0.25, 0.3) is 0 Å². The van der Waals surface area contributed by atoms with Crippen molar-refractivity contribution in [3.8, 4) is 0 Å². The molecule has 1 aliphatic carbocycles. The van der Waals surface area contributed by atoms with Crippen LogP contribution in [0.4, 0.5) is 4.39 Å². The molecule has 1 N–H and O–H groups in total. The maximum atomic E-state index is 12.9. The third-order valence-corrected chi connectivity index (χ3v) is 4.18. The summed E-state index contributed by atoms with van der Waals surface area (Å²) < 4.78 is 12.9. The monoisotopic (exact) mass is 236 g/mol. The highest BCUT2D eigenvalue weighted by molar-refractivity contribution is 5.19. The second-order valence-electron chi connectivity index (χ2n) is 5.84. The normalized spacial score (nSPS) is 25.5. The fourth-order valence-corrected chi connectivity index (χ4v) is 3.00. The molecule has 2 rings (SSSR count). The van der Waals surface area contributed by atoms with Crippen LogP contribution >= 0.6 is 0 Å². The van der Waals surface area contributed by atoms with Gasteiger partial charge in [-0.25, -0.2) is 4.39 Å². The smallest absolute Gasteiger partial charge is 0.123 e. The molecule has 1 nitrogen and oxygen atoms in total. The summed E-state index contributed by atoms with van der Waals surface area (Å²) in [6.07, 6.45) is 4.19. The quantitative estimate of drug-likeness (QED) is 0.820. The highest BCUT2D eigenvalue weighted by Crippen LogP contribution is 2.46. The molecule has 2 unspecified atom stereocenters. The Kier molecular flexibility index (Phi) is 3.53. The van der Waals surface area contributed by atoms with Crippen molar-refractivity contribution in [1.29, 1.82) is 0 Å². The van der Waals surface area contributed by atoms with Gasteiger partial charge in [-0.15, -0.1) is 0 Å². The number of aliphatic hydroxyl groups excluding tert-OH is 1. The van der Waals surface area contributed by atoms with Crippen molar-refractivity contribution in [3.63, 3.8) is 0 Å². The average molecular weight is 236 g/mol. The molecule has 0 spiro atoms. The van der Waals surface area contributed by atoms with E-state index in [0.29, 0.717) is 0 Å². The molecule has 0 aromatic heterocycles. The van der Waals surface area contributed by atoms with Gasteiger partial charge in [0, 0.05) is 0 Å². The number of halogens is 1. The lowest BCUT2D eigenvalue weighted by Crippen LogP contribution is -2.32. The summed E-state index contributed by atoms with van der Waals surface area (Å²) in [7, 11) is 0. The van der Waals surface area contributed by atoms with Gasteiger partial charge in [-0.2, -0.15) is 0 Å². The Hall–Kier alpha value is -0.890. The Morgan fingerprint density at radius 2 is 1.88 bits per heavy atom. The Morgan fingerprint density at radius 3 is 2.47 bits per heavy atom. The summed E-state index contributed by atoms with van der Waals surface area (Å²) in [6.45, 7) is 4.45. The molecule has 0 radical (unpaired) electrons. The summed E-state index contributed by atoms with van der Waals surface area (Å²) >= 11 is 0. The number of hydrogen-bond donors (Lipinski definition) is 1. The van der Waals surface area contributed by atoms with E-state index in [1.165, 1.54) is 25.0 Å². The first-order valence-corrected chi connectivity index (χ1v) is 6.44. The first kappa shape index (κ1) is 12.6. The van der Waals surface area contributed by atoms with Crippen LogP contribution in [0.25, 0.3) is 0 Å². The zero-order valence-electron chi connectivity index (χ0n) is 10.6. The van der Waals surface area contributed by atoms with E-state index >= 15 is 0 Å². The SMILES string of the molecule is CC1(C)CCCCC1C(O)c1ccc(F)cc1. The van der Waals surface area contributed by atoms with E-state index in [0.717, 1.165) is 18.4 Å². The predicted molar refractivity (Wildman–Crippen MR) is 67.1 cm³/mol. The molecule has 0 bridgehead atoms. The minimum Gasteiger partial charge on any atom is -0.388 e. The van der Waals surface area contributed by atoms with E-state index in [2.05, 4.69) is 13.8 Å². The summed E-state index contributed by atoms with van der Waals surface area (Å²) in [5, 5.41) is 10.4. The molecule has 2 atom stereocenters. The van der Waals surface area contributed by atoms with Gasteiger partial charge in [0.1, 0.15) is 5.82 Å². The van der Waals surface area contributed by atoms with Crippen LogP contribution in [0.1, 0.15) is 51.2 Å². The van der Waals surface area contributed by atoms with Gasteiger partial charge in [-0.1, -0.05) is 38.8 Å². The van der Waals surface area contributed by atoms with E-state index in [4.69, 9.17) is 0 Å². The molecule has 2 heteroatoms. The van der Waals surface area contributed by atoms with Crippen molar-refractivity contribution < 1.29 is 9.50 Å². The molecule has 1 saturated carbocycles. The van der Waals surface area contributed by atoms with Crippen molar-refractivity contribution in [1.82, 2.24) is 0 Å². The van der Waals surface area contributed by atoms with Crippen LogP contribution in [0, 0.1) is 17.2 Å². The average Bonchev–Trinajstić information content (AvgIpc) is 2.28. The van der Waals surface area contributed by atoms with Crippen LogP contribution in [0.5, 0.6) is 0 Å². The predicted octanol–water partition coefficient (Wildman–Crippen LogP) is 4.08. The van der Waals surface area contributed by atoms with Gasteiger partial charge >= 0.3 is 0 Å². The lowest BCUT2D eigenvalue weighted by Gasteiger charge is -2.41. The van der Waals surface area contributed by atoms with E-state index in [9.17, 15) is 9.50 Å². The first-order chi connectivity index (χ1) is 8.00. The second kappa shape index (κ2) is 4.77. The van der Waals surface area contributed by atoms with Crippen LogP contribution in [-0.2, 0) is 0 Å². The zero-order chi connectivity index (χ0) is 12.5. The zero-order valence-corrected chi connectivity index (χ0v) is 10.6. The van der Waals surface area contributed by atoms with Gasteiger partial charge < -0.3 is 5.11 Å². The highest BCUT2D eigenvalue weighted by Gasteiger charge is 2.37. The van der Waals surface area contributed by atoms with Crippen molar-refractivity contribution >= 4 is 0 Å². The van der Waals surface area contributed by atoms with E-state index in [1.807, 2.05) is 0 Å². The lowest BCUT2D eigenvalue weighted by atomic mass is 9.65. The molecule has 1 aromatic carbocycles. The van der Waals surface area contributed by atoms with Crippen molar-refractivity contribution in [2.45, 2.75) is 45.6 Å². The van der Waals surface area contributed by atoms with Gasteiger partial charge in [-0.05, 0) is 41.9 Å². The fourth-order valence-electron chi connectivity index (χ4n) is 3.00. The first-order valence-electron chi connectivity index (χ1n) is 6.44. The topological polar surface area (TPSA) is 20.2 Å². The van der Waals surface area contributed by atoms with Gasteiger partial charge in [0.15, 0.2) is 0 Å². The minimum absolute atomic E-state index is 0.173. The van der Waals surface area contributed by atoms with E-state index in [-0.39, 0.29) is 17.2 Å². The van der Waals surface area contributed by atoms with Crippen LogP contribution in [-0.4, -0.2) is 5.11 Å². The number of rotatable bonds is 2. The molecule has 0 heterocycles. The maximum Gasteiger partial charge on any atom is 0.123 e. The number of benzene rings is 1.